The number of anilines is 1. The van der Waals surface area contributed by atoms with Gasteiger partial charge in [-0.05, 0) is 27.2 Å². The van der Waals surface area contributed by atoms with Gasteiger partial charge >= 0.3 is 18.2 Å². The first-order valence-electron chi connectivity index (χ1n) is 9.40. The Balaban J connectivity index is 1.42. The molecule has 0 N–H and O–H groups in total. The Labute approximate surface area is 170 Å². The molecule has 2 aliphatic rings. The Morgan fingerprint density at radius 1 is 1.17 bits per heavy atom. The average molecular weight is 426 g/mol. The van der Waals surface area contributed by atoms with Crippen LogP contribution in [0.1, 0.15) is 33.1 Å². The number of nitrogens with zero attached hydrogens (tertiary/aromatic N) is 6. The van der Waals surface area contributed by atoms with Crippen molar-refractivity contribution in [1.82, 2.24) is 25.1 Å². The Bertz CT molecular complexity index is 949. The molecule has 30 heavy (non-hydrogen) atoms. The van der Waals surface area contributed by atoms with Crippen LogP contribution in [0.5, 0.6) is 0 Å². The van der Waals surface area contributed by atoms with Gasteiger partial charge in [0.25, 0.3) is 5.89 Å². The predicted octanol–water partition coefficient (Wildman–Crippen LogP) is 2.99. The zero-order chi connectivity index (χ0) is 21.7. The summed E-state index contributed by atoms with van der Waals surface area (Å²) in [4.78, 5) is 24.2. The minimum absolute atomic E-state index is 0.0530. The van der Waals surface area contributed by atoms with Gasteiger partial charge < -0.3 is 19.0 Å². The maximum absolute atomic E-state index is 12.7. The van der Waals surface area contributed by atoms with Crippen LogP contribution in [0.25, 0.3) is 11.6 Å². The van der Waals surface area contributed by atoms with Gasteiger partial charge in [0, 0.05) is 31.6 Å². The first-order chi connectivity index (χ1) is 13.9. The predicted molar refractivity (Wildman–Crippen MR) is 97.4 cm³/mol. The zero-order valence-electron chi connectivity index (χ0n) is 16.7. The van der Waals surface area contributed by atoms with Gasteiger partial charge in [-0.25, -0.2) is 9.78 Å². The molecule has 12 heteroatoms. The summed E-state index contributed by atoms with van der Waals surface area (Å²) in [7, 11) is 0. The van der Waals surface area contributed by atoms with Crippen LogP contribution in [0.2, 0.25) is 0 Å². The van der Waals surface area contributed by atoms with Crippen LogP contribution >= 0.6 is 0 Å². The molecule has 4 rings (SSSR count). The van der Waals surface area contributed by atoms with Gasteiger partial charge in [0.2, 0.25) is 0 Å². The van der Waals surface area contributed by atoms with Crippen molar-refractivity contribution >= 4 is 11.9 Å². The molecule has 0 aromatic carbocycles. The number of ether oxygens (including phenoxy) is 1. The van der Waals surface area contributed by atoms with E-state index in [9.17, 15) is 18.0 Å². The molecule has 2 aliphatic heterocycles. The molecule has 0 atom stereocenters. The van der Waals surface area contributed by atoms with Gasteiger partial charge in [-0.3, -0.25) is 4.98 Å². The van der Waals surface area contributed by atoms with E-state index in [0.29, 0.717) is 32.0 Å². The molecule has 0 radical (unpaired) electrons. The molecular weight excluding hydrogens is 405 g/mol. The topological polar surface area (TPSA) is 97.5 Å². The number of hydrogen-bond acceptors (Lipinski definition) is 8. The van der Waals surface area contributed by atoms with Crippen LogP contribution in [0.3, 0.4) is 0 Å². The summed E-state index contributed by atoms with van der Waals surface area (Å²) >= 11 is 0. The summed E-state index contributed by atoms with van der Waals surface area (Å²) in [5, 5.41) is 6.43. The maximum atomic E-state index is 12.7. The van der Waals surface area contributed by atoms with E-state index in [-0.39, 0.29) is 23.1 Å². The van der Waals surface area contributed by atoms with E-state index in [2.05, 4.69) is 24.6 Å². The smallest absolute Gasteiger partial charge is 0.444 e. The first-order valence-corrected chi connectivity index (χ1v) is 9.40. The van der Waals surface area contributed by atoms with Crippen molar-refractivity contribution < 1.29 is 27.1 Å². The third kappa shape index (κ3) is 4.03. The fraction of sp³-hybridized carbons (Fsp3) is 0.611. The lowest BCUT2D eigenvalue weighted by atomic mass is 9.79. The quantitative estimate of drug-likeness (QED) is 0.723. The van der Waals surface area contributed by atoms with Crippen molar-refractivity contribution in [3.8, 4) is 11.6 Å². The molecule has 0 bridgehead atoms. The fourth-order valence-electron chi connectivity index (χ4n) is 3.66. The van der Waals surface area contributed by atoms with Gasteiger partial charge in [-0.1, -0.05) is 0 Å². The summed E-state index contributed by atoms with van der Waals surface area (Å²) in [6, 6.07) is 0. The van der Waals surface area contributed by atoms with Crippen LogP contribution in [0, 0.1) is 5.41 Å². The van der Waals surface area contributed by atoms with Crippen molar-refractivity contribution in [3.05, 3.63) is 18.3 Å². The van der Waals surface area contributed by atoms with Crippen molar-refractivity contribution in [2.75, 3.05) is 31.1 Å². The lowest BCUT2D eigenvalue weighted by Crippen LogP contribution is -2.60. The number of rotatable bonds is 2. The van der Waals surface area contributed by atoms with Crippen molar-refractivity contribution in [2.24, 2.45) is 5.41 Å². The van der Waals surface area contributed by atoms with Crippen LogP contribution in [0.4, 0.5) is 23.8 Å². The van der Waals surface area contributed by atoms with E-state index in [1.807, 2.05) is 25.7 Å². The Morgan fingerprint density at radius 3 is 2.53 bits per heavy atom. The van der Waals surface area contributed by atoms with E-state index in [0.717, 1.165) is 6.42 Å². The van der Waals surface area contributed by atoms with Gasteiger partial charge in [0.05, 0.1) is 12.4 Å². The second-order valence-corrected chi connectivity index (χ2v) is 8.68. The molecule has 4 heterocycles. The highest BCUT2D eigenvalue weighted by Gasteiger charge is 2.50. The minimum Gasteiger partial charge on any atom is -0.444 e. The van der Waals surface area contributed by atoms with Crippen LogP contribution < -0.4 is 4.90 Å². The summed E-state index contributed by atoms with van der Waals surface area (Å²) in [6.07, 6.45) is -1.38. The zero-order valence-corrected chi connectivity index (χ0v) is 16.7. The Kier molecular flexibility index (Phi) is 4.62. The highest BCUT2D eigenvalue weighted by Crippen LogP contribution is 2.41. The number of alkyl halides is 3. The summed E-state index contributed by atoms with van der Waals surface area (Å²) in [5.41, 5.74) is -0.527. The van der Waals surface area contributed by atoms with Gasteiger partial charge in [-0.2, -0.15) is 13.2 Å². The SMILES string of the molecule is CC(C)(C)OC(=O)N1CC2(CCN(c3cncc(-c4nnc(C(F)(F)F)o4)n3)C2)C1. The molecule has 0 aliphatic carbocycles. The van der Waals surface area contributed by atoms with Gasteiger partial charge in [-0.15, -0.1) is 10.2 Å². The van der Waals surface area contributed by atoms with Gasteiger partial charge in [0.15, 0.2) is 0 Å². The van der Waals surface area contributed by atoms with Crippen molar-refractivity contribution in [2.45, 2.75) is 39.0 Å². The van der Waals surface area contributed by atoms with Crippen molar-refractivity contribution in [3.63, 3.8) is 0 Å². The van der Waals surface area contributed by atoms with Crippen LogP contribution in [-0.2, 0) is 10.9 Å². The van der Waals surface area contributed by atoms with E-state index < -0.39 is 17.7 Å². The lowest BCUT2D eigenvalue weighted by Gasteiger charge is -2.47. The van der Waals surface area contributed by atoms with E-state index in [1.165, 1.54) is 12.4 Å². The van der Waals surface area contributed by atoms with Crippen molar-refractivity contribution in [1.29, 1.82) is 0 Å². The summed E-state index contributed by atoms with van der Waals surface area (Å²) in [5.74, 6) is -1.27. The average Bonchev–Trinajstić information content (AvgIpc) is 3.26. The highest BCUT2D eigenvalue weighted by atomic mass is 19.4. The second-order valence-electron chi connectivity index (χ2n) is 8.68. The summed E-state index contributed by atoms with van der Waals surface area (Å²) < 4.78 is 48.1. The number of halogens is 3. The third-order valence-corrected chi connectivity index (χ3v) is 4.97. The number of likely N-dealkylation sites (tertiary alicyclic amines) is 1. The molecular formula is C18H21F3N6O3. The van der Waals surface area contributed by atoms with Crippen LogP contribution in [-0.4, -0.2) is 62.9 Å². The molecule has 2 aromatic rings. The fourth-order valence-corrected chi connectivity index (χ4v) is 3.66. The van der Waals surface area contributed by atoms with Crippen LogP contribution in [0.15, 0.2) is 16.8 Å². The largest absolute Gasteiger partial charge is 0.470 e. The highest BCUT2D eigenvalue weighted by molar-refractivity contribution is 5.69. The molecule has 162 valence electrons. The first kappa shape index (κ1) is 20.4. The Morgan fingerprint density at radius 2 is 1.90 bits per heavy atom. The van der Waals surface area contributed by atoms with Gasteiger partial charge in [0.1, 0.15) is 17.1 Å². The Hall–Kier alpha value is -2.92. The normalized spacial score (nSPS) is 18.6. The molecule has 9 nitrogen and oxygen atoms in total. The van der Waals surface area contributed by atoms with E-state index in [4.69, 9.17) is 4.74 Å². The summed E-state index contributed by atoms with van der Waals surface area (Å²) in [6.45, 7) is 7.99. The number of hydrogen-bond donors (Lipinski definition) is 0. The number of carbonyl (C=O) groups excluding carboxylic acids is 1. The minimum atomic E-state index is -4.72. The number of aromatic nitrogens is 4. The molecule has 0 saturated carbocycles. The second kappa shape index (κ2) is 6.81. The number of amides is 1. The maximum Gasteiger partial charge on any atom is 0.470 e. The number of carbonyl (C=O) groups is 1. The lowest BCUT2D eigenvalue weighted by molar-refractivity contribution is -0.156. The molecule has 2 saturated heterocycles. The van der Waals surface area contributed by atoms with E-state index >= 15 is 0 Å². The molecule has 1 amide bonds. The monoisotopic (exact) mass is 426 g/mol. The standard InChI is InChI=1S/C18H21F3N6O3/c1-16(2,3)30-15(28)27-9-17(10-27)4-5-26(8-17)12-7-22-6-11(23-12)13-24-25-14(29-13)18(19,20)21/h6-7H,4-5,8-10H2,1-3H3. The molecule has 1 spiro atoms. The van der Waals surface area contributed by atoms with E-state index in [1.54, 1.807) is 4.90 Å². The third-order valence-electron chi connectivity index (χ3n) is 4.97. The molecule has 0 unspecified atom stereocenters. The molecule has 2 aromatic heterocycles. The molecule has 2 fully saturated rings.